The van der Waals surface area contributed by atoms with Crippen LogP contribution in [0.1, 0.15) is 17.7 Å². The molecule has 17 heavy (non-hydrogen) atoms. The molecule has 2 N–H and O–H groups in total. The molecule has 1 rings (SSSR count). The quantitative estimate of drug-likeness (QED) is 0.849. The summed E-state index contributed by atoms with van der Waals surface area (Å²) in [6.45, 7) is -0.529. The van der Waals surface area contributed by atoms with Crippen LogP contribution in [0.3, 0.4) is 0 Å². The minimum Gasteiger partial charge on any atom is -0.402 e. The van der Waals surface area contributed by atoms with Gasteiger partial charge in [0.05, 0.1) is 0 Å². The van der Waals surface area contributed by atoms with E-state index in [9.17, 15) is 26.3 Å². The molecular weight excluding hydrogens is 254 g/mol. The number of ether oxygens (including phenoxy) is 1. The van der Waals surface area contributed by atoms with Crippen LogP contribution in [0.5, 0.6) is 5.75 Å². The highest BCUT2D eigenvalue weighted by molar-refractivity contribution is 5.35. The van der Waals surface area contributed by atoms with Crippen molar-refractivity contribution in [3.05, 3.63) is 23.3 Å². The Bertz CT molecular complexity index is 406. The highest BCUT2D eigenvalue weighted by atomic mass is 19.4. The van der Waals surface area contributed by atoms with Crippen molar-refractivity contribution in [2.75, 3.05) is 0 Å². The lowest BCUT2D eigenvalue weighted by atomic mass is 10.2. The highest BCUT2D eigenvalue weighted by Gasteiger charge is 2.35. The van der Waals surface area contributed by atoms with Gasteiger partial charge in [0.15, 0.2) is 11.6 Å². The zero-order chi connectivity index (χ0) is 13.2. The Hall–Kier alpha value is -1.51. The van der Waals surface area contributed by atoms with E-state index in [1.165, 1.54) is 0 Å². The SMILES string of the molecule is NCc1cnc(C(F)F)c(F)c1OC(F)(F)F. The van der Waals surface area contributed by atoms with Crippen LogP contribution >= 0.6 is 0 Å². The molecule has 9 heteroatoms. The van der Waals surface area contributed by atoms with E-state index in [1.807, 2.05) is 0 Å². The summed E-state index contributed by atoms with van der Waals surface area (Å²) < 4.78 is 76.8. The summed E-state index contributed by atoms with van der Waals surface area (Å²) in [6, 6.07) is 0. The number of pyridine rings is 1. The van der Waals surface area contributed by atoms with Crippen LogP contribution in [-0.4, -0.2) is 11.3 Å². The molecule has 0 bridgehead atoms. The molecule has 0 spiro atoms. The average Bonchev–Trinajstić information content (AvgIpc) is 2.18. The summed E-state index contributed by atoms with van der Waals surface area (Å²) in [4.78, 5) is 2.99. The van der Waals surface area contributed by atoms with E-state index >= 15 is 0 Å². The highest BCUT2D eigenvalue weighted by Crippen LogP contribution is 2.33. The fraction of sp³-hybridized carbons (Fsp3) is 0.375. The molecule has 3 nitrogen and oxygen atoms in total. The Kier molecular flexibility index (Phi) is 3.81. The molecule has 0 aromatic carbocycles. The molecule has 0 fully saturated rings. The maximum Gasteiger partial charge on any atom is 0.573 e. The molecule has 0 atom stereocenters. The van der Waals surface area contributed by atoms with Crippen molar-refractivity contribution in [2.45, 2.75) is 19.3 Å². The molecule has 0 saturated carbocycles. The summed E-state index contributed by atoms with van der Waals surface area (Å²) in [5, 5.41) is 0. The topological polar surface area (TPSA) is 48.1 Å². The fourth-order valence-electron chi connectivity index (χ4n) is 1.04. The summed E-state index contributed by atoms with van der Waals surface area (Å²) in [6.07, 6.45) is -7.94. The Morgan fingerprint density at radius 3 is 2.35 bits per heavy atom. The van der Waals surface area contributed by atoms with Gasteiger partial charge < -0.3 is 10.5 Å². The van der Waals surface area contributed by atoms with Gasteiger partial charge in [-0.05, 0) is 0 Å². The normalized spacial score (nSPS) is 12.0. The first-order chi connectivity index (χ1) is 7.76. The number of aromatic nitrogens is 1. The zero-order valence-corrected chi connectivity index (χ0v) is 8.06. The summed E-state index contributed by atoms with van der Waals surface area (Å²) >= 11 is 0. The smallest absolute Gasteiger partial charge is 0.402 e. The lowest BCUT2D eigenvalue weighted by Crippen LogP contribution is -2.20. The van der Waals surface area contributed by atoms with Crippen LogP contribution < -0.4 is 10.5 Å². The van der Waals surface area contributed by atoms with Crippen molar-refractivity contribution in [2.24, 2.45) is 5.73 Å². The molecule has 0 radical (unpaired) electrons. The van der Waals surface area contributed by atoms with Crippen molar-refractivity contribution in [1.82, 2.24) is 4.98 Å². The van der Waals surface area contributed by atoms with E-state index in [1.54, 1.807) is 0 Å². The van der Waals surface area contributed by atoms with Crippen molar-refractivity contribution < 1.29 is 31.1 Å². The Balaban J connectivity index is 3.28. The van der Waals surface area contributed by atoms with Crippen LogP contribution in [0.25, 0.3) is 0 Å². The molecule has 0 aliphatic carbocycles. The molecule has 0 aliphatic rings. The van der Waals surface area contributed by atoms with Crippen molar-refractivity contribution in [3.63, 3.8) is 0 Å². The fourth-order valence-corrected chi connectivity index (χ4v) is 1.04. The van der Waals surface area contributed by atoms with Gasteiger partial charge in [-0.1, -0.05) is 0 Å². The Morgan fingerprint density at radius 2 is 1.94 bits per heavy atom. The predicted molar refractivity (Wildman–Crippen MR) is 43.7 cm³/mol. The number of halogens is 6. The largest absolute Gasteiger partial charge is 0.573 e. The summed E-state index contributed by atoms with van der Waals surface area (Å²) in [5.41, 5.74) is 3.15. The standard InChI is InChI=1S/C8H6F6N2O/c9-4-5(7(10)11)16-2-3(1-15)6(4)17-8(12,13)14/h2,7H,1,15H2. The number of nitrogens with zero attached hydrogens (tertiary/aromatic N) is 1. The van der Waals surface area contributed by atoms with Crippen LogP contribution in [0.2, 0.25) is 0 Å². The lowest BCUT2D eigenvalue weighted by Gasteiger charge is -2.14. The second kappa shape index (κ2) is 4.78. The molecular formula is C8H6F6N2O. The van der Waals surface area contributed by atoms with Gasteiger partial charge in [-0.15, -0.1) is 13.2 Å². The van der Waals surface area contributed by atoms with E-state index < -0.39 is 42.2 Å². The van der Waals surface area contributed by atoms with E-state index in [-0.39, 0.29) is 0 Å². The van der Waals surface area contributed by atoms with E-state index in [0.717, 1.165) is 0 Å². The van der Waals surface area contributed by atoms with Gasteiger partial charge in [-0.3, -0.25) is 4.98 Å². The average molecular weight is 260 g/mol. The summed E-state index contributed by atoms with van der Waals surface area (Å²) in [7, 11) is 0. The first kappa shape index (κ1) is 13.6. The second-order valence-electron chi connectivity index (χ2n) is 2.86. The van der Waals surface area contributed by atoms with Crippen LogP contribution in [0.4, 0.5) is 26.3 Å². The number of alkyl halides is 5. The van der Waals surface area contributed by atoms with E-state index in [4.69, 9.17) is 5.73 Å². The third-order valence-corrected chi connectivity index (χ3v) is 1.72. The number of hydrogen-bond acceptors (Lipinski definition) is 3. The maximum atomic E-state index is 13.3. The third kappa shape index (κ3) is 3.22. The molecule has 0 amide bonds. The molecule has 1 heterocycles. The van der Waals surface area contributed by atoms with Gasteiger partial charge in [-0.2, -0.15) is 0 Å². The first-order valence-corrected chi connectivity index (χ1v) is 4.17. The minimum atomic E-state index is -5.20. The predicted octanol–water partition coefficient (Wildman–Crippen LogP) is 2.52. The Labute approximate surface area is 91.2 Å². The van der Waals surface area contributed by atoms with Gasteiger partial charge in [0, 0.05) is 18.3 Å². The van der Waals surface area contributed by atoms with Crippen molar-refractivity contribution in [3.8, 4) is 5.75 Å². The Morgan fingerprint density at radius 1 is 1.35 bits per heavy atom. The molecule has 1 aromatic heterocycles. The maximum absolute atomic E-state index is 13.3. The van der Waals surface area contributed by atoms with E-state index in [0.29, 0.717) is 6.20 Å². The number of rotatable bonds is 3. The van der Waals surface area contributed by atoms with Crippen molar-refractivity contribution >= 4 is 0 Å². The number of hydrogen-bond donors (Lipinski definition) is 1. The first-order valence-electron chi connectivity index (χ1n) is 4.17. The van der Waals surface area contributed by atoms with Gasteiger partial charge in [-0.25, -0.2) is 13.2 Å². The monoisotopic (exact) mass is 260 g/mol. The second-order valence-corrected chi connectivity index (χ2v) is 2.86. The van der Waals surface area contributed by atoms with Gasteiger partial charge in [0.1, 0.15) is 5.69 Å². The summed E-state index contributed by atoms with van der Waals surface area (Å²) in [5.74, 6) is -3.23. The molecule has 0 saturated heterocycles. The van der Waals surface area contributed by atoms with Crippen molar-refractivity contribution in [1.29, 1.82) is 0 Å². The van der Waals surface area contributed by atoms with Gasteiger partial charge >= 0.3 is 6.36 Å². The van der Waals surface area contributed by atoms with Gasteiger partial charge in [0.2, 0.25) is 0 Å². The molecule has 1 aromatic rings. The van der Waals surface area contributed by atoms with E-state index in [2.05, 4.69) is 9.72 Å². The zero-order valence-electron chi connectivity index (χ0n) is 8.06. The van der Waals surface area contributed by atoms with Gasteiger partial charge in [0.25, 0.3) is 6.43 Å². The molecule has 96 valence electrons. The number of nitrogens with two attached hydrogens (primary N) is 1. The third-order valence-electron chi connectivity index (χ3n) is 1.72. The lowest BCUT2D eigenvalue weighted by molar-refractivity contribution is -0.276. The van der Waals surface area contributed by atoms with Crippen LogP contribution in [0.15, 0.2) is 6.20 Å². The molecule has 0 unspecified atom stereocenters. The van der Waals surface area contributed by atoms with Crippen LogP contribution in [-0.2, 0) is 6.54 Å². The van der Waals surface area contributed by atoms with Crippen LogP contribution in [0, 0.1) is 5.82 Å². The molecule has 0 aliphatic heterocycles. The minimum absolute atomic E-state index is 0.454.